The molecule has 0 bridgehead atoms. The van der Waals surface area contributed by atoms with E-state index in [4.69, 9.17) is 5.11 Å². The van der Waals surface area contributed by atoms with Gasteiger partial charge in [0.2, 0.25) is 0 Å². The van der Waals surface area contributed by atoms with Crippen LogP contribution in [0.15, 0.2) is 0 Å². The predicted molar refractivity (Wildman–Crippen MR) is 44.7 cm³/mol. The molecule has 2 rings (SSSR count). The summed E-state index contributed by atoms with van der Waals surface area (Å²) in [5, 5.41) is 8.88. The van der Waals surface area contributed by atoms with Gasteiger partial charge in [0.05, 0.1) is 0 Å². The van der Waals surface area contributed by atoms with Crippen molar-refractivity contribution in [3.05, 3.63) is 0 Å². The van der Waals surface area contributed by atoms with E-state index >= 15 is 0 Å². The van der Waals surface area contributed by atoms with Crippen molar-refractivity contribution in [1.82, 2.24) is 4.90 Å². The number of hydrogen-bond acceptors (Lipinski definition) is 2. The van der Waals surface area contributed by atoms with Gasteiger partial charge in [0.25, 0.3) is 0 Å². The molecule has 1 aliphatic heterocycles. The maximum Gasteiger partial charge on any atom is 0.123 e. The Kier molecular flexibility index (Phi) is 2.09. The first-order valence-corrected chi connectivity index (χ1v) is 4.74. The lowest BCUT2D eigenvalue weighted by Crippen LogP contribution is -2.29. The third kappa shape index (κ3) is 1.77. The molecule has 70 valence electrons. The Bertz CT molecular complexity index is 170. The van der Waals surface area contributed by atoms with Crippen LogP contribution in [0.25, 0.3) is 0 Å². The maximum atomic E-state index is 13.3. The van der Waals surface area contributed by atoms with Crippen molar-refractivity contribution in [2.24, 2.45) is 5.92 Å². The number of aliphatic hydroxyl groups is 1. The summed E-state index contributed by atoms with van der Waals surface area (Å²) in [5.74, 6) is 0.396. The summed E-state index contributed by atoms with van der Waals surface area (Å²) in [6, 6.07) is 0. The number of halogens is 1. The number of likely N-dealkylation sites (tertiary alicyclic amines) is 1. The van der Waals surface area contributed by atoms with Crippen LogP contribution in [-0.2, 0) is 0 Å². The molecule has 0 aromatic carbocycles. The molecule has 0 unspecified atom stereocenters. The van der Waals surface area contributed by atoms with Crippen molar-refractivity contribution in [3.8, 4) is 0 Å². The number of alkyl halides is 1. The Balaban J connectivity index is 1.76. The normalized spacial score (nSPS) is 34.0. The second-order valence-electron chi connectivity index (χ2n) is 4.22. The molecule has 1 atom stereocenters. The smallest absolute Gasteiger partial charge is 0.123 e. The predicted octanol–water partition coefficient (Wildman–Crippen LogP) is 0.803. The first-order valence-electron chi connectivity index (χ1n) is 4.74. The summed E-state index contributed by atoms with van der Waals surface area (Å²) < 4.78 is 13.3. The van der Waals surface area contributed by atoms with Crippen LogP contribution in [0.3, 0.4) is 0 Å². The van der Waals surface area contributed by atoms with Gasteiger partial charge in [-0.3, -0.25) is 4.90 Å². The largest absolute Gasteiger partial charge is 0.396 e. The average Bonchev–Trinajstić information content (AvgIpc) is 2.63. The molecule has 2 nitrogen and oxygen atoms in total. The van der Waals surface area contributed by atoms with Gasteiger partial charge in [0.15, 0.2) is 0 Å². The zero-order valence-corrected chi connectivity index (χ0v) is 7.30. The first-order chi connectivity index (χ1) is 5.72. The van der Waals surface area contributed by atoms with Crippen LogP contribution < -0.4 is 0 Å². The summed E-state index contributed by atoms with van der Waals surface area (Å²) in [4.78, 5) is 2.15. The summed E-state index contributed by atoms with van der Waals surface area (Å²) >= 11 is 0. The lowest BCUT2D eigenvalue weighted by Gasteiger charge is -2.17. The van der Waals surface area contributed by atoms with E-state index in [-0.39, 0.29) is 6.61 Å². The minimum atomic E-state index is -0.857. The Morgan fingerprint density at radius 3 is 2.75 bits per heavy atom. The van der Waals surface area contributed by atoms with Gasteiger partial charge >= 0.3 is 0 Å². The van der Waals surface area contributed by atoms with Crippen LogP contribution in [0.2, 0.25) is 0 Å². The summed E-state index contributed by atoms with van der Waals surface area (Å²) in [7, 11) is 0. The molecule has 1 N–H and O–H groups in total. The highest BCUT2D eigenvalue weighted by molar-refractivity contribution is 4.97. The van der Waals surface area contributed by atoms with Gasteiger partial charge in [0, 0.05) is 19.7 Å². The molecule has 12 heavy (non-hydrogen) atoms. The zero-order chi connectivity index (χ0) is 8.60. The van der Waals surface area contributed by atoms with E-state index in [0.717, 1.165) is 32.4 Å². The first kappa shape index (κ1) is 8.45. The summed E-state index contributed by atoms with van der Waals surface area (Å²) in [5.41, 5.74) is -0.857. The van der Waals surface area contributed by atoms with Gasteiger partial charge in [-0.25, -0.2) is 4.39 Å². The fraction of sp³-hybridized carbons (Fsp3) is 1.00. The standard InChI is InChI=1S/C9H16FNO/c10-9(2-3-9)7-11-4-1-8(5-11)6-12/h8,12H,1-7H2/t8-/m1/s1. The monoisotopic (exact) mass is 173 g/mol. The van der Waals surface area contributed by atoms with Crippen LogP contribution in [-0.4, -0.2) is 41.9 Å². The Labute approximate surface area is 72.4 Å². The summed E-state index contributed by atoms with van der Waals surface area (Å²) in [6.07, 6.45) is 2.52. The fourth-order valence-electron chi connectivity index (χ4n) is 1.90. The Hall–Kier alpha value is -0.150. The van der Waals surface area contributed by atoms with Gasteiger partial charge in [-0.05, 0) is 31.7 Å². The van der Waals surface area contributed by atoms with Crippen molar-refractivity contribution >= 4 is 0 Å². The van der Waals surface area contributed by atoms with Crippen LogP contribution >= 0.6 is 0 Å². The van der Waals surface area contributed by atoms with Gasteiger partial charge in [0.1, 0.15) is 5.67 Å². The van der Waals surface area contributed by atoms with Crippen molar-refractivity contribution in [2.75, 3.05) is 26.2 Å². The van der Waals surface area contributed by atoms with E-state index in [0.29, 0.717) is 12.5 Å². The van der Waals surface area contributed by atoms with Gasteiger partial charge in [-0.2, -0.15) is 0 Å². The van der Waals surface area contributed by atoms with Crippen molar-refractivity contribution in [1.29, 1.82) is 0 Å². The van der Waals surface area contributed by atoms with Crippen molar-refractivity contribution in [2.45, 2.75) is 24.9 Å². The molecule has 0 aromatic heterocycles. The van der Waals surface area contributed by atoms with Crippen LogP contribution in [0, 0.1) is 5.92 Å². The molecule has 2 aliphatic rings. The second kappa shape index (κ2) is 2.96. The lowest BCUT2D eigenvalue weighted by molar-refractivity contribution is 0.182. The Morgan fingerprint density at radius 2 is 2.25 bits per heavy atom. The number of rotatable bonds is 3. The quantitative estimate of drug-likeness (QED) is 0.682. The van der Waals surface area contributed by atoms with Crippen molar-refractivity contribution in [3.63, 3.8) is 0 Å². The van der Waals surface area contributed by atoms with Crippen LogP contribution in [0.5, 0.6) is 0 Å². The highest BCUT2D eigenvalue weighted by atomic mass is 19.1. The third-order valence-electron chi connectivity index (χ3n) is 2.93. The molecule has 0 radical (unpaired) electrons. The van der Waals surface area contributed by atoms with E-state index in [1.54, 1.807) is 0 Å². The number of aliphatic hydroxyl groups excluding tert-OH is 1. The molecule has 2 fully saturated rings. The molecule has 1 heterocycles. The summed E-state index contributed by atoms with van der Waals surface area (Å²) in [6.45, 7) is 2.72. The van der Waals surface area contributed by atoms with E-state index in [1.165, 1.54) is 0 Å². The van der Waals surface area contributed by atoms with Gasteiger partial charge in [-0.1, -0.05) is 0 Å². The van der Waals surface area contributed by atoms with Gasteiger partial charge in [-0.15, -0.1) is 0 Å². The third-order valence-corrected chi connectivity index (χ3v) is 2.93. The van der Waals surface area contributed by atoms with E-state index in [1.807, 2.05) is 0 Å². The molecular formula is C9H16FNO. The number of hydrogen-bond donors (Lipinski definition) is 1. The Morgan fingerprint density at radius 1 is 1.50 bits per heavy atom. The van der Waals surface area contributed by atoms with Crippen molar-refractivity contribution < 1.29 is 9.50 Å². The lowest BCUT2D eigenvalue weighted by atomic mass is 10.1. The average molecular weight is 173 g/mol. The molecule has 0 amide bonds. The highest BCUT2D eigenvalue weighted by Crippen LogP contribution is 2.41. The minimum Gasteiger partial charge on any atom is -0.396 e. The number of nitrogens with zero attached hydrogens (tertiary/aromatic N) is 1. The minimum absolute atomic E-state index is 0.260. The van der Waals surface area contributed by atoms with E-state index < -0.39 is 5.67 Å². The molecule has 3 heteroatoms. The molecule has 0 aromatic rings. The molecule has 0 spiro atoms. The van der Waals surface area contributed by atoms with E-state index in [9.17, 15) is 4.39 Å². The topological polar surface area (TPSA) is 23.5 Å². The fourth-order valence-corrected chi connectivity index (χ4v) is 1.90. The second-order valence-corrected chi connectivity index (χ2v) is 4.22. The molecule has 1 aliphatic carbocycles. The SMILES string of the molecule is OC[C@@H]1CCN(CC2(F)CC2)C1. The molecule has 1 saturated carbocycles. The van der Waals surface area contributed by atoms with Gasteiger partial charge < -0.3 is 5.11 Å². The molecule has 1 saturated heterocycles. The highest BCUT2D eigenvalue weighted by Gasteiger charge is 2.45. The zero-order valence-electron chi connectivity index (χ0n) is 7.30. The van der Waals surface area contributed by atoms with Crippen LogP contribution in [0.1, 0.15) is 19.3 Å². The molecular weight excluding hydrogens is 157 g/mol. The van der Waals surface area contributed by atoms with Crippen LogP contribution in [0.4, 0.5) is 4.39 Å². The van der Waals surface area contributed by atoms with E-state index in [2.05, 4.69) is 4.90 Å². The maximum absolute atomic E-state index is 13.3.